The zero-order valence-electron chi connectivity index (χ0n) is 12.8. The first kappa shape index (κ1) is 15.3. The molecule has 2 rings (SSSR count). The summed E-state index contributed by atoms with van der Waals surface area (Å²) in [6.07, 6.45) is 3.59. The molecule has 0 radical (unpaired) electrons. The lowest BCUT2D eigenvalue weighted by Gasteiger charge is -2.18. The molecule has 0 spiro atoms. The second-order valence-electron chi connectivity index (χ2n) is 4.85. The first-order valence-electron chi connectivity index (χ1n) is 7.08. The maximum Gasteiger partial charge on any atom is 0.147 e. The van der Waals surface area contributed by atoms with Crippen LogP contribution in [0.2, 0.25) is 0 Å². The van der Waals surface area contributed by atoms with E-state index in [0.29, 0.717) is 0 Å². The van der Waals surface area contributed by atoms with Gasteiger partial charge in [0.1, 0.15) is 11.6 Å². The Hall–Kier alpha value is -2.14. The Morgan fingerprint density at radius 2 is 1.95 bits per heavy atom. The van der Waals surface area contributed by atoms with Gasteiger partial charge in [-0.2, -0.15) is 0 Å². The molecule has 0 fully saturated rings. The van der Waals surface area contributed by atoms with Crippen LogP contribution < -0.4 is 15.0 Å². The number of hydrogen-bond donors (Lipinski definition) is 1. The van der Waals surface area contributed by atoms with Gasteiger partial charge in [-0.05, 0) is 24.2 Å². The predicted molar refractivity (Wildman–Crippen MR) is 84.5 cm³/mol. The van der Waals surface area contributed by atoms with E-state index in [1.54, 1.807) is 19.5 Å². The SMILES string of the molecule is CCNCc1cncc(N(C)Cc2ccc(OC)cc2)n1. The van der Waals surface area contributed by atoms with Gasteiger partial charge >= 0.3 is 0 Å². The number of hydrogen-bond acceptors (Lipinski definition) is 5. The van der Waals surface area contributed by atoms with Crippen molar-refractivity contribution in [2.75, 3.05) is 25.6 Å². The van der Waals surface area contributed by atoms with Crippen LogP contribution in [0.5, 0.6) is 5.75 Å². The number of ether oxygens (including phenoxy) is 1. The van der Waals surface area contributed by atoms with Crippen LogP contribution >= 0.6 is 0 Å². The van der Waals surface area contributed by atoms with E-state index in [0.717, 1.165) is 36.9 Å². The van der Waals surface area contributed by atoms with E-state index in [2.05, 4.69) is 39.2 Å². The van der Waals surface area contributed by atoms with E-state index in [1.807, 2.05) is 19.2 Å². The molecule has 0 atom stereocenters. The van der Waals surface area contributed by atoms with Crippen molar-refractivity contribution in [2.45, 2.75) is 20.0 Å². The molecule has 5 nitrogen and oxygen atoms in total. The largest absolute Gasteiger partial charge is 0.497 e. The molecule has 1 heterocycles. The molecule has 0 bridgehead atoms. The van der Waals surface area contributed by atoms with Crippen LogP contribution in [0.1, 0.15) is 18.2 Å². The van der Waals surface area contributed by atoms with Gasteiger partial charge in [-0.1, -0.05) is 19.1 Å². The number of aromatic nitrogens is 2. The fraction of sp³-hybridized carbons (Fsp3) is 0.375. The molecule has 2 aromatic rings. The summed E-state index contributed by atoms with van der Waals surface area (Å²) >= 11 is 0. The molecule has 0 aliphatic carbocycles. The van der Waals surface area contributed by atoms with Gasteiger partial charge in [-0.25, -0.2) is 4.98 Å². The molecule has 1 aromatic carbocycles. The van der Waals surface area contributed by atoms with E-state index in [1.165, 1.54) is 5.56 Å². The first-order valence-corrected chi connectivity index (χ1v) is 7.08. The lowest BCUT2D eigenvalue weighted by Crippen LogP contribution is -2.20. The zero-order chi connectivity index (χ0) is 15.1. The van der Waals surface area contributed by atoms with Crippen molar-refractivity contribution in [1.82, 2.24) is 15.3 Å². The number of anilines is 1. The molecule has 1 N–H and O–H groups in total. The second kappa shape index (κ2) is 7.59. The van der Waals surface area contributed by atoms with Crippen LogP contribution in [0.25, 0.3) is 0 Å². The van der Waals surface area contributed by atoms with Crippen molar-refractivity contribution in [3.8, 4) is 5.75 Å². The van der Waals surface area contributed by atoms with Gasteiger partial charge in [0.05, 0.1) is 19.0 Å². The summed E-state index contributed by atoms with van der Waals surface area (Å²) in [5.41, 5.74) is 2.16. The lowest BCUT2D eigenvalue weighted by atomic mass is 10.2. The molecule has 0 saturated heterocycles. The van der Waals surface area contributed by atoms with Gasteiger partial charge in [0.25, 0.3) is 0 Å². The summed E-state index contributed by atoms with van der Waals surface area (Å²) < 4.78 is 5.17. The minimum Gasteiger partial charge on any atom is -0.497 e. The third-order valence-electron chi connectivity index (χ3n) is 3.20. The summed E-state index contributed by atoms with van der Waals surface area (Å²) in [6, 6.07) is 8.06. The average molecular weight is 286 g/mol. The molecule has 0 aliphatic rings. The van der Waals surface area contributed by atoms with Crippen molar-refractivity contribution >= 4 is 5.82 Å². The second-order valence-corrected chi connectivity index (χ2v) is 4.85. The number of methoxy groups -OCH3 is 1. The number of benzene rings is 1. The average Bonchev–Trinajstić information content (AvgIpc) is 2.54. The predicted octanol–water partition coefficient (Wildman–Crippen LogP) is 2.23. The van der Waals surface area contributed by atoms with Crippen LogP contribution in [-0.2, 0) is 13.1 Å². The van der Waals surface area contributed by atoms with Crippen LogP contribution in [0.15, 0.2) is 36.7 Å². The van der Waals surface area contributed by atoms with E-state index in [9.17, 15) is 0 Å². The summed E-state index contributed by atoms with van der Waals surface area (Å²) in [5.74, 6) is 1.75. The van der Waals surface area contributed by atoms with Crippen LogP contribution in [-0.4, -0.2) is 30.7 Å². The molecule has 5 heteroatoms. The van der Waals surface area contributed by atoms with Gasteiger partial charge in [0, 0.05) is 26.3 Å². The number of nitrogens with one attached hydrogen (secondary N) is 1. The number of rotatable bonds is 7. The highest BCUT2D eigenvalue weighted by Gasteiger charge is 2.05. The Kier molecular flexibility index (Phi) is 5.51. The van der Waals surface area contributed by atoms with Gasteiger partial charge in [0.15, 0.2) is 0 Å². The monoisotopic (exact) mass is 286 g/mol. The molecule has 0 unspecified atom stereocenters. The van der Waals surface area contributed by atoms with Crippen molar-refractivity contribution in [2.24, 2.45) is 0 Å². The Balaban J connectivity index is 2.03. The molecule has 0 saturated carbocycles. The molecular formula is C16H22N4O. The third kappa shape index (κ3) is 4.43. The standard InChI is InChI=1S/C16H22N4O/c1-4-17-9-14-10-18-11-16(19-14)20(2)12-13-5-7-15(21-3)8-6-13/h5-8,10-11,17H,4,9,12H2,1-3H3. The topological polar surface area (TPSA) is 50.3 Å². The normalized spacial score (nSPS) is 10.4. The Morgan fingerprint density at radius 3 is 2.62 bits per heavy atom. The summed E-state index contributed by atoms with van der Waals surface area (Å²) in [7, 11) is 3.69. The van der Waals surface area contributed by atoms with Crippen LogP contribution in [0.4, 0.5) is 5.82 Å². The molecular weight excluding hydrogens is 264 g/mol. The highest BCUT2D eigenvalue weighted by molar-refractivity contribution is 5.37. The van der Waals surface area contributed by atoms with Crippen molar-refractivity contribution in [1.29, 1.82) is 0 Å². The lowest BCUT2D eigenvalue weighted by molar-refractivity contribution is 0.414. The van der Waals surface area contributed by atoms with Crippen LogP contribution in [0.3, 0.4) is 0 Å². The Morgan fingerprint density at radius 1 is 1.19 bits per heavy atom. The van der Waals surface area contributed by atoms with E-state index >= 15 is 0 Å². The van der Waals surface area contributed by atoms with Crippen molar-refractivity contribution < 1.29 is 4.74 Å². The maximum atomic E-state index is 5.17. The highest BCUT2D eigenvalue weighted by Crippen LogP contribution is 2.15. The van der Waals surface area contributed by atoms with Gasteiger partial charge < -0.3 is 15.0 Å². The Bertz CT molecular complexity index is 556. The van der Waals surface area contributed by atoms with E-state index < -0.39 is 0 Å². The highest BCUT2D eigenvalue weighted by atomic mass is 16.5. The Labute approximate surface area is 126 Å². The molecule has 0 amide bonds. The van der Waals surface area contributed by atoms with Gasteiger partial charge in [-0.3, -0.25) is 4.98 Å². The molecule has 21 heavy (non-hydrogen) atoms. The van der Waals surface area contributed by atoms with E-state index in [4.69, 9.17) is 4.74 Å². The smallest absolute Gasteiger partial charge is 0.147 e. The van der Waals surface area contributed by atoms with Gasteiger partial charge in [0.2, 0.25) is 0 Å². The zero-order valence-corrected chi connectivity index (χ0v) is 12.8. The van der Waals surface area contributed by atoms with E-state index in [-0.39, 0.29) is 0 Å². The minimum absolute atomic E-state index is 0.744. The van der Waals surface area contributed by atoms with Gasteiger partial charge in [-0.15, -0.1) is 0 Å². The summed E-state index contributed by atoms with van der Waals surface area (Å²) in [6.45, 7) is 4.53. The number of nitrogens with zero attached hydrogens (tertiary/aromatic N) is 3. The quantitative estimate of drug-likeness (QED) is 0.846. The molecule has 112 valence electrons. The summed E-state index contributed by atoms with van der Waals surface area (Å²) in [5, 5.41) is 3.26. The summed E-state index contributed by atoms with van der Waals surface area (Å²) in [4.78, 5) is 11.0. The van der Waals surface area contributed by atoms with Crippen molar-refractivity contribution in [3.63, 3.8) is 0 Å². The van der Waals surface area contributed by atoms with Crippen LogP contribution in [0, 0.1) is 0 Å². The van der Waals surface area contributed by atoms with Crippen molar-refractivity contribution in [3.05, 3.63) is 47.9 Å². The third-order valence-corrected chi connectivity index (χ3v) is 3.20. The molecule has 0 aliphatic heterocycles. The first-order chi connectivity index (χ1) is 10.2. The maximum absolute atomic E-state index is 5.17. The minimum atomic E-state index is 0.744. The molecule has 1 aromatic heterocycles. The fourth-order valence-electron chi connectivity index (χ4n) is 2.00. The fourth-order valence-corrected chi connectivity index (χ4v) is 2.00.